The first-order chi connectivity index (χ1) is 11.3. The van der Waals surface area contributed by atoms with Crippen LogP contribution in [0.2, 0.25) is 0 Å². The van der Waals surface area contributed by atoms with Gasteiger partial charge in [-0.05, 0) is 37.6 Å². The molecule has 1 aliphatic heterocycles. The summed E-state index contributed by atoms with van der Waals surface area (Å²) in [5.74, 6) is -0.857. The van der Waals surface area contributed by atoms with Crippen molar-refractivity contribution in [2.75, 3.05) is 12.4 Å². The maximum atomic E-state index is 12.7. The number of nitrogens with zero attached hydrogens (tertiary/aromatic N) is 1. The average Bonchev–Trinajstić information content (AvgIpc) is 2.80. The van der Waals surface area contributed by atoms with Gasteiger partial charge in [0.25, 0.3) is 11.8 Å². The highest BCUT2D eigenvalue weighted by atomic mass is 16.2. The summed E-state index contributed by atoms with van der Waals surface area (Å²) < 4.78 is 0. The van der Waals surface area contributed by atoms with Gasteiger partial charge < -0.3 is 5.32 Å². The number of hydrogen-bond donors (Lipinski definition) is 1. The first kappa shape index (κ1) is 15.9. The van der Waals surface area contributed by atoms with Crippen molar-refractivity contribution in [2.24, 2.45) is 0 Å². The van der Waals surface area contributed by atoms with Crippen LogP contribution < -0.4 is 5.32 Å². The van der Waals surface area contributed by atoms with Crippen molar-refractivity contribution < 1.29 is 14.4 Å². The van der Waals surface area contributed by atoms with E-state index < -0.39 is 5.41 Å². The Morgan fingerprint density at radius 1 is 0.958 bits per heavy atom. The Balaban J connectivity index is 1.86. The zero-order valence-electron chi connectivity index (χ0n) is 13.8. The lowest BCUT2D eigenvalue weighted by atomic mass is 9.83. The van der Waals surface area contributed by atoms with Crippen LogP contribution in [-0.4, -0.2) is 29.7 Å². The van der Waals surface area contributed by atoms with E-state index in [0.717, 1.165) is 10.5 Å². The SMILES string of the molecule is CN1C(=O)c2ccc(NC(=O)C(C)(C)c3ccccc3)cc2C1=O. The number of anilines is 1. The van der Waals surface area contributed by atoms with Crippen LogP contribution in [0.1, 0.15) is 40.1 Å². The molecule has 122 valence electrons. The fourth-order valence-electron chi connectivity index (χ4n) is 2.71. The highest BCUT2D eigenvalue weighted by Gasteiger charge is 2.34. The third-order valence-electron chi connectivity index (χ3n) is 4.41. The summed E-state index contributed by atoms with van der Waals surface area (Å²) in [6, 6.07) is 14.3. The van der Waals surface area contributed by atoms with E-state index in [1.165, 1.54) is 7.05 Å². The lowest BCUT2D eigenvalue weighted by Gasteiger charge is -2.24. The van der Waals surface area contributed by atoms with E-state index in [1.54, 1.807) is 18.2 Å². The Morgan fingerprint density at radius 3 is 2.25 bits per heavy atom. The zero-order chi connectivity index (χ0) is 17.5. The molecule has 1 heterocycles. The van der Waals surface area contributed by atoms with Crippen molar-refractivity contribution in [3.63, 3.8) is 0 Å². The number of imide groups is 1. The Bertz CT molecular complexity index is 841. The van der Waals surface area contributed by atoms with E-state index in [9.17, 15) is 14.4 Å². The second-order valence-electron chi connectivity index (χ2n) is 6.37. The minimum absolute atomic E-state index is 0.182. The van der Waals surface area contributed by atoms with Gasteiger partial charge in [-0.3, -0.25) is 19.3 Å². The van der Waals surface area contributed by atoms with Gasteiger partial charge in [0.15, 0.2) is 0 Å². The standard InChI is InChI=1S/C19H18N2O3/c1-19(2,12-7-5-4-6-8-12)18(24)20-13-9-10-14-15(11-13)17(23)21(3)16(14)22/h4-11H,1-3H3,(H,20,24). The number of benzene rings is 2. The Hall–Kier alpha value is -2.95. The summed E-state index contributed by atoms with van der Waals surface area (Å²) in [6.45, 7) is 3.68. The molecule has 1 N–H and O–H groups in total. The fraction of sp³-hybridized carbons (Fsp3) is 0.211. The summed E-state index contributed by atoms with van der Waals surface area (Å²) in [6.07, 6.45) is 0. The van der Waals surface area contributed by atoms with Gasteiger partial charge in [-0.25, -0.2) is 0 Å². The van der Waals surface area contributed by atoms with Crippen molar-refractivity contribution in [1.29, 1.82) is 0 Å². The van der Waals surface area contributed by atoms with E-state index in [1.807, 2.05) is 44.2 Å². The second-order valence-corrected chi connectivity index (χ2v) is 6.37. The summed E-state index contributed by atoms with van der Waals surface area (Å²) in [7, 11) is 1.45. The molecule has 2 aromatic carbocycles. The zero-order valence-corrected chi connectivity index (χ0v) is 13.8. The summed E-state index contributed by atoms with van der Waals surface area (Å²) in [4.78, 5) is 37.7. The minimum atomic E-state index is -0.725. The number of hydrogen-bond acceptors (Lipinski definition) is 3. The quantitative estimate of drug-likeness (QED) is 0.884. The normalized spacial score (nSPS) is 13.9. The van der Waals surface area contributed by atoms with E-state index in [4.69, 9.17) is 0 Å². The van der Waals surface area contributed by atoms with Gasteiger partial charge in [0.2, 0.25) is 5.91 Å². The van der Waals surface area contributed by atoms with E-state index >= 15 is 0 Å². The lowest BCUT2D eigenvalue weighted by Crippen LogP contribution is -2.34. The molecule has 0 aliphatic carbocycles. The third-order valence-corrected chi connectivity index (χ3v) is 4.41. The average molecular weight is 322 g/mol. The van der Waals surface area contributed by atoms with Crippen molar-refractivity contribution >= 4 is 23.4 Å². The van der Waals surface area contributed by atoms with Crippen LogP contribution in [0.5, 0.6) is 0 Å². The molecule has 5 heteroatoms. The number of carbonyl (C=O) groups is 3. The fourth-order valence-corrected chi connectivity index (χ4v) is 2.71. The largest absolute Gasteiger partial charge is 0.325 e. The smallest absolute Gasteiger partial charge is 0.261 e. The molecule has 0 spiro atoms. The van der Waals surface area contributed by atoms with Crippen molar-refractivity contribution in [3.8, 4) is 0 Å². The first-order valence-corrected chi connectivity index (χ1v) is 7.66. The third kappa shape index (κ3) is 2.48. The molecule has 2 aromatic rings. The Kier molecular flexibility index (Phi) is 3.72. The molecule has 24 heavy (non-hydrogen) atoms. The Morgan fingerprint density at radius 2 is 1.58 bits per heavy atom. The van der Waals surface area contributed by atoms with Gasteiger partial charge in [-0.15, -0.1) is 0 Å². The number of rotatable bonds is 3. The van der Waals surface area contributed by atoms with Gasteiger partial charge in [-0.2, -0.15) is 0 Å². The minimum Gasteiger partial charge on any atom is -0.325 e. The van der Waals surface area contributed by atoms with Gasteiger partial charge >= 0.3 is 0 Å². The molecule has 0 atom stereocenters. The highest BCUT2D eigenvalue weighted by molar-refractivity contribution is 6.21. The van der Waals surface area contributed by atoms with E-state index in [2.05, 4.69) is 5.32 Å². The summed E-state index contributed by atoms with van der Waals surface area (Å²) in [5.41, 5.74) is 1.35. The van der Waals surface area contributed by atoms with E-state index in [0.29, 0.717) is 16.8 Å². The molecule has 0 saturated heterocycles. The lowest BCUT2D eigenvalue weighted by molar-refractivity contribution is -0.120. The van der Waals surface area contributed by atoms with Gasteiger partial charge in [0.05, 0.1) is 16.5 Å². The van der Waals surface area contributed by atoms with E-state index in [-0.39, 0.29) is 17.7 Å². The predicted molar refractivity (Wildman–Crippen MR) is 91.0 cm³/mol. The summed E-state index contributed by atoms with van der Waals surface area (Å²) >= 11 is 0. The van der Waals surface area contributed by atoms with Crippen LogP contribution in [0, 0.1) is 0 Å². The molecule has 5 nitrogen and oxygen atoms in total. The number of carbonyl (C=O) groups excluding carboxylic acids is 3. The van der Waals surface area contributed by atoms with Crippen LogP contribution in [-0.2, 0) is 10.2 Å². The molecule has 0 aromatic heterocycles. The molecule has 0 saturated carbocycles. The van der Waals surface area contributed by atoms with Gasteiger partial charge in [-0.1, -0.05) is 30.3 Å². The molecule has 3 amide bonds. The van der Waals surface area contributed by atoms with Crippen LogP contribution in [0.25, 0.3) is 0 Å². The topological polar surface area (TPSA) is 66.5 Å². The van der Waals surface area contributed by atoms with Crippen molar-refractivity contribution in [2.45, 2.75) is 19.3 Å². The first-order valence-electron chi connectivity index (χ1n) is 7.66. The van der Waals surface area contributed by atoms with Crippen molar-refractivity contribution in [1.82, 2.24) is 4.90 Å². The van der Waals surface area contributed by atoms with Crippen LogP contribution in [0.3, 0.4) is 0 Å². The molecule has 1 aliphatic rings. The van der Waals surface area contributed by atoms with Crippen LogP contribution >= 0.6 is 0 Å². The molecule has 0 radical (unpaired) electrons. The van der Waals surface area contributed by atoms with Gasteiger partial charge in [0, 0.05) is 12.7 Å². The molecular formula is C19H18N2O3. The molecular weight excluding hydrogens is 304 g/mol. The molecule has 0 fully saturated rings. The predicted octanol–water partition coefficient (Wildman–Crippen LogP) is 2.83. The maximum absolute atomic E-state index is 12.7. The van der Waals surface area contributed by atoms with Gasteiger partial charge in [0.1, 0.15) is 0 Å². The molecule has 3 rings (SSSR count). The van der Waals surface area contributed by atoms with Crippen molar-refractivity contribution in [3.05, 3.63) is 65.2 Å². The Labute approximate surface area is 140 Å². The summed E-state index contributed by atoms with van der Waals surface area (Å²) in [5, 5.41) is 2.84. The number of amides is 3. The number of nitrogens with one attached hydrogen (secondary N) is 1. The van der Waals surface area contributed by atoms with Crippen LogP contribution in [0.4, 0.5) is 5.69 Å². The second kappa shape index (κ2) is 5.60. The molecule has 0 unspecified atom stereocenters. The van der Waals surface area contributed by atoms with Crippen LogP contribution in [0.15, 0.2) is 48.5 Å². The number of fused-ring (bicyclic) bond motifs is 1. The highest BCUT2D eigenvalue weighted by Crippen LogP contribution is 2.28. The molecule has 0 bridgehead atoms. The maximum Gasteiger partial charge on any atom is 0.261 e. The monoisotopic (exact) mass is 322 g/mol.